The van der Waals surface area contributed by atoms with E-state index in [1.165, 1.54) is 0 Å². The normalized spacial score (nSPS) is 19.5. The van der Waals surface area contributed by atoms with E-state index in [1.807, 2.05) is 29.2 Å². The second-order valence-electron chi connectivity index (χ2n) is 6.78. The maximum absolute atomic E-state index is 12.7. The van der Waals surface area contributed by atoms with Crippen LogP contribution < -0.4 is 4.74 Å². The van der Waals surface area contributed by atoms with Crippen LogP contribution in [-0.4, -0.2) is 43.7 Å². The SMILES string of the molecule is CC(C)CCOc1ccc(C2(C(=O)N3CCC3)COC2)cc1. The van der Waals surface area contributed by atoms with Crippen LogP contribution in [0, 0.1) is 5.92 Å². The molecular formula is C18H25NO3. The van der Waals surface area contributed by atoms with E-state index >= 15 is 0 Å². The average Bonchev–Trinajstić information content (AvgIpc) is 2.37. The van der Waals surface area contributed by atoms with Crippen LogP contribution in [0.3, 0.4) is 0 Å². The van der Waals surface area contributed by atoms with Gasteiger partial charge in [-0.2, -0.15) is 0 Å². The molecule has 1 amide bonds. The number of carbonyl (C=O) groups excluding carboxylic acids is 1. The Bertz CT molecular complexity index is 516. The molecule has 2 saturated heterocycles. The summed E-state index contributed by atoms with van der Waals surface area (Å²) in [5.41, 5.74) is 0.587. The first-order chi connectivity index (χ1) is 10.6. The van der Waals surface area contributed by atoms with Crippen LogP contribution in [0.5, 0.6) is 5.75 Å². The summed E-state index contributed by atoms with van der Waals surface area (Å²) in [5, 5.41) is 0. The fourth-order valence-corrected chi connectivity index (χ4v) is 2.82. The van der Waals surface area contributed by atoms with E-state index in [2.05, 4.69) is 13.8 Å². The Balaban J connectivity index is 1.66. The van der Waals surface area contributed by atoms with E-state index in [0.29, 0.717) is 19.1 Å². The third-order valence-electron chi connectivity index (χ3n) is 4.62. The lowest BCUT2D eigenvalue weighted by molar-refractivity contribution is -0.159. The number of amides is 1. The average molecular weight is 303 g/mol. The van der Waals surface area contributed by atoms with E-state index in [1.54, 1.807) is 0 Å². The summed E-state index contributed by atoms with van der Waals surface area (Å²) in [6.45, 7) is 7.88. The van der Waals surface area contributed by atoms with Gasteiger partial charge < -0.3 is 14.4 Å². The van der Waals surface area contributed by atoms with Crippen molar-refractivity contribution in [3.05, 3.63) is 29.8 Å². The molecule has 4 heteroatoms. The molecule has 0 bridgehead atoms. The lowest BCUT2D eigenvalue weighted by Gasteiger charge is -2.46. The Kier molecular flexibility index (Phi) is 4.39. The van der Waals surface area contributed by atoms with Crippen molar-refractivity contribution in [1.29, 1.82) is 0 Å². The number of hydrogen-bond acceptors (Lipinski definition) is 3. The van der Waals surface area contributed by atoms with Crippen LogP contribution in [0.1, 0.15) is 32.3 Å². The third kappa shape index (κ3) is 2.84. The quantitative estimate of drug-likeness (QED) is 0.811. The molecular weight excluding hydrogens is 278 g/mol. The maximum Gasteiger partial charge on any atom is 0.237 e. The van der Waals surface area contributed by atoms with Gasteiger partial charge in [0.15, 0.2) is 0 Å². The minimum Gasteiger partial charge on any atom is -0.494 e. The summed E-state index contributed by atoms with van der Waals surface area (Å²) in [6.07, 6.45) is 2.16. The van der Waals surface area contributed by atoms with Crippen molar-refractivity contribution in [3.8, 4) is 5.75 Å². The van der Waals surface area contributed by atoms with Crippen LogP contribution in [0.15, 0.2) is 24.3 Å². The maximum atomic E-state index is 12.7. The molecule has 2 fully saturated rings. The molecule has 2 aliphatic rings. The summed E-state index contributed by atoms with van der Waals surface area (Å²) in [7, 11) is 0. The van der Waals surface area contributed by atoms with Gasteiger partial charge in [0, 0.05) is 13.1 Å². The van der Waals surface area contributed by atoms with Gasteiger partial charge in [-0.25, -0.2) is 0 Å². The zero-order valence-corrected chi connectivity index (χ0v) is 13.5. The largest absolute Gasteiger partial charge is 0.494 e. The molecule has 0 saturated carbocycles. The molecule has 22 heavy (non-hydrogen) atoms. The highest BCUT2D eigenvalue weighted by Gasteiger charge is 2.50. The number of nitrogens with zero attached hydrogens (tertiary/aromatic N) is 1. The fourth-order valence-electron chi connectivity index (χ4n) is 2.82. The first-order valence-corrected chi connectivity index (χ1v) is 8.22. The van der Waals surface area contributed by atoms with Crippen molar-refractivity contribution in [2.75, 3.05) is 32.9 Å². The van der Waals surface area contributed by atoms with Gasteiger partial charge in [-0.1, -0.05) is 26.0 Å². The van der Waals surface area contributed by atoms with Crippen LogP contribution >= 0.6 is 0 Å². The van der Waals surface area contributed by atoms with Crippen molar-refractivity contribution >= 4 is 5.91 Å². The monoisotopic (exact) mass is 303 g/mol. The number of likely N-dealkylation sites (tertiary alicyclic amines) is 1. The number of hydrogen-bond donors (Lipinski definition) is 0. The molecule has 2 heterocycles. The minimum absolute atomic E-state index is 0.221. The van der Waals surface area contributed by atoms with Gasteiger partial charge in [-0.05, 0) is 36.5 Å². The molecule has 0 spiro atoms. The number of carbonyl (C=O) groups is 1. The second-order valence-corrected chi connectivity index (χ2v) is 6.78. The molecule has 0 aliphatic carbocycles. The van der Waals surface area contributed by atoms with Crippen LogP contribution in [0.2, 0.25) is 0 Å². The summed E-state index contributed by atoms with van der Waals surface area (Å²) in [5.74, 6) is 1.73. The Morgan fingerprint density at radius 3 is 2.41 bits per heavy atom. The number of benzene rings is 1. The van der Waals surface area contributed by atoms with Gasteiger partial charge in [0.05, 0.1) is 19.8 Å². The van der Waals surface area contributed by atoms with Crippen LogP contribution in [-0.2, 0) is 14.9 Å². The van der Waals surface area contributed by atoms with E-state index in [-0.39, 0.29) is 5.91 Å². The Morgan fingerprint density at radius 2 is 1.95 bits per heavy atom. The Morgan fingerprint density at radius 1 is 1.27 bits per heavy atom. The zero-order chi connectivity index (χ0) is 15.6. The second kappa shape index (κ2) is 6.29. The third-order valence-corrected chi connectivity index (χ3v) is 4.62. The highest BCUT2D eigenvalue weighted by atomic mass is 16.5. The first-order valence-electron chi connectivity index (χ1n) is 8.22. The predicted molar refractivity (Wildman–Crippen MR) is 85.1 cm³/mol. The van der Waals surface area contributed by atoms with Crippen molar-refractivity contribution in [2.45, 2.75) is 32.1 Å². The molecule has 0 radical (unpaired) electrons. The smallest absolute Gasteiger partial charge is 0.237 e. The predicted octanol–water partition coefficient (Wildman–Crippen LogP) is 2.61. The summed E-state index contributed by atoms with van der Waals surface area (Å²) in [4.78, 5) is 14.6. The van der Waals surface area contributed by atoms with Crippen molar-refractivity contribution in [1.82, 2.24) is 4.90 Å². The van der Waals surface area contributed by atoms with Gasteiger partial charge in [-0.15, -0.1) is 0 Å². The summed E-state index contributed by atoms with van der Waals surface area (Å²) < 4.78 is 11.1. The summed E-state index contributed by atoms with van der Waals surface area (Å²) in [6, 6.07) is 7.98. The molecule has 2 aliphatic heterocycles. The number of ether oxygens (including phenoxy) is 2. The Labute approximate surface area is 132 Å². The molecule has 1 aromatic rings. The van der Waals surface area contributed by atoms with Gasteiger partial charge >= 0.3 is 0 Å². The van der Waals surface area contributed by atoms with Crippen LogP contribution in [0.25, 0.3) is 0 Å². The fraction of sp³-hybridized carbons (Fsp3) is 0.611. The van der Waals surface area contributed by atoms with Gasteiger partial charge in [0.1, 0.15) is 11.2 Å². The van der Waals surface area contributed by atoms with E-state index in [9.17, 15) is 4.79 Å². The standard InChI is InChI=1S/C18H25NO3/c1-14(2)8-11-22-16-6-4-15(5-7-16)18(12-21-13-18)17(20)19-9-3-10-19/h4-7,14H,3,8-13H2,1-2H3. The number of rotatable bonds is 6. The lowest BCUT2D eigenvalue weighted by atomic mass is 9.76. The highest BCUT2D eigenvalue weighted by Crippen LogP contribution is 2.36. The molecule has 0 atom stereocenters. The van der Waals surface area contributed by atoms with E-state index in [0.717, 1.165) is 43.9 Å². The van der Waals surface area contributed by atoms with E-state index < -0.39 is 5.41 Å². The van der Waals surface area contributed by atoms with Crippen molar-refractivity contribution < 1.29 is 14.3 Å². The Hall–Kier alpha value is -1.55. The van der Waals surface area contributed by atoms with Crippen LogP contribution in [0.4, 0.5) is 0 Å². The van der Waals surface area contributed by atoms with Gasteiger partial charge in [0.2, 0.25) is 5.91 Å². The zero-order valence-electron chi connectivity index (χ0n) is 13.5. The molecule has 3 rings (SSSR count). The molecule has 0 N–H and O–H groups in total. The molecule has 0 aromatic heterocycles. The van der Waals surface area contributed by atoms with Gasteiger partial charge in [-0.3, -0.25) is 4.79 Å². The molecule has 120 valence electrons. The van der Waals surface area contributed by atoms with E-state index in [4.69, 9.17) is 9.47 Å². The lowest BCUT2D eigenvalue weighted by Crippen LogP contribution is -2.61. The van der Waals surface area contributed by atoms with Gasteiger partial charge in [0.25, 0.3) is 0 Å². The summed E-state index contributed by atoms with van der Waals surface area (Å²) >= 11 is 0. The molecule has 0 unspecified atom stereocenters. The molecule has 4 nitrogen and oxygen atoms in total. The topological polar surface area (TPSA) is 38.8 Å². The van der Waals surface area contributed by atoms with Crippen molar-refractivity contribution in [3.63, 3.8) is 0 Å². The first kappa shape index (κ1) is 15.3. The molecule has 1 aromatic carbocycles. The highest BCUT2D eigenvalue weighted by molar-refractivity contribution is 5.90. The van der Waals surface area contributed by atoms with Crippen molar-refractivity contribution in [2.24, 2.45) is 5.92 Å². The minimum atomic E-state index is -0.461.